The molecule has 3 atom stereocenters. The predicted octanol–water partition coefficient (Wildman–Crippen LogP) is 1.85. The number of para-hydroxylation sites is 1. The van der Waals surface area contributed by atoms with Gasteiger partial charge in [-0.2, -0.15) is 0 Å². The number of aromatic amines is 1. The Morgan fingerprint density at radius 2 is 2.04 bits per heavy atom. The number of nitrogens with one attached hydrogen (secondary N) is 1. The quantitative estimate of drug-likeness (QED) is 0.730. The van der Waals surface area contributed by atoms with Gasteiger partial charge < -0.3 is 20.6 Å². The van der Waals surface area contributed by atoms with E-state index in [-0.39, 0.29) is 6.54 Å². The lowest BCUT2D eigenvalue weighted by molar-refractivity contribution is -0.177. The van der Waals surface area contributed by atoms with Gasteiger partial charge in [-0.3, -0.25) is 14.5 Å². The Morgan fingerprint density at radius 3 is 2.60 bits per heavy atom. The summed E-state index contributed by atoms with van der Waals surface area (Å²) in [4.78, 5) is 28.7. The van der Waals surface area contributed by atoms with E-state index < -0.39 is 35.7 Å². The van der Waals surface area contributed by atoms with E-state index in [1.54, 1.807) is 25.7 Å². The number of fused-ring (bicyclic) bond motifs is 1. The largest absolute Gasteiger partial charge is 0.480 e. The first-order valence-corrected chi connectivity index (χ1v) is 8.22. The lowest BCUT2D eigenvalue weighted by Gasteiger charge is -2.47. The molecule has 2 aromatic rings. The molecule has 2 heterocycles. The molecule has 0 saturated carbocycles. The van der Waals surface area contributed by atoms with Gasteiger partial charge in [-0.25, -0.2) is 0 Å². The van der Waals surface area contributed by atoms with Crippen molar-refractivity contribution in [2.45, 2.75) is 38.6 Å². The molecule has 7 nitrogen and oxygen atoms in total. The van der Waals surface area contributed by atoms with Crippen molar-refractivity contribution in [1.82, 2.24) is 9.88 Å². The fraction of sp³-hybridized carbons (Fsp3) is 0.444. The number of nitrogens with zero attached hydrogens (tertiary/aromatic N) is 1. The van der Waals surface area contributed by atoms with Crippen LogP contribution in [0.1, 0.15) is 32.5 Å². The lowest BCUT2D eigenvalue weighted by Crippen LogP contribution is -2.66. The van der Waals surface area contributed by atoms with Crippen molar-refractivity contribution >= 4 is 22.8 Å². The molecule has 1 aliphatic heterocycles. The zero-order valence-corrected chi connectivity index (χ0v) is 14.5. The Balaban J connectivity index is 1.79. The highest BCUT2D eigenvalue weighted by Gasteiger charge is 2.49. The highest BCUT2D eigenvalue weighted by Crippen LogP contribution is 2.34. The number of hydrogen-bond acceptors (Lipinski definition) is 5. The molecule has 134 valence electrons. The second-order valence-electron chi connectivity index (χ2n) is 7.38. The molecule has 1 aromatic carbocycles. The second-order valence-corrected chi connectivity index (χ2v) is 7.38. The minimum Gasteiger partial charge on any atom is -0.480 e. The summed E-state index contributed by atoms with van der Waals surface area (Å²) in [5.74, 6) is -1.92. The number of nitrogens with two attached hydrogens (primary N) is 1. The number of hydrogen-bond donors (Lipinski definition) is 3. The van der Waals surface area contributed by atoms with E-state index in [9.17, 15) is 14.7 Å². The fourth-order valence-corrected chi connectivity index (χ4v) is 3.12. The summed E-state index contributed by atoms with van der Waals surface area (Å²) in [5, 5.41) is 10.6. The molecular formula is C18H23N3O4. The SMILES string of the molecule is CC(C)(C)OC(=O)[C@H]1CN([C@H](C(=O)O)c2cc3ccccc3[nH]2)[C@@H]1N. The number of carboxylic acids is 1. The zero-order chi connectivity index (χ0) is 18.4. The van der Waals surface area contributed by atoms with Gasteiger partial charge in [0.1, 0.15) is 11.6 Å². The number of ether oxygens (including phenoxy) is 1. The second kappa shape index (κ2) is 6.16. The van der Waals surface area contributed by atoms with E-state index in [1.807, 2.05) is 30.3 Å². The molecule has 0 spiro atoms. The Bertz CT molecular complexity index is 775. The van der Waals surface area contributed by atoms with Crippen LogP contribution in [0.4, 0.5) is 0 Å². The minimum absolute atomic E-state index is 0.252. The molecule has 1 aliphatic rings. The van der Waals surface area contributed by atoms with Gasteiger partial charge in [0.05, 0.1) is 12.1 Å². The van der Waals surface area contributed by atoms with E-state index in [1.165, 1.54) is 0 Å². The first kappa shape index (κ1) is 17.4. The van der Waals surface area contributed by atoms with Crippen LogP contribution in [0.3, 0.4) is 0 Å². The maximum atomic E-state index is 12.2. The average molecular weight is 345 g/mol. The molecule has 4 N–H and O–H groups in total. The summed E-state index contributed by atoms with van der Waals surface area (Å²) in [6, 6.07) is 8.45. The van der Waals surface area contributed by atoms with Gasteiger partial charge in [0.15, 0.2) is 0 Å². The third-order valence-corrected chi connectivity index (χ3v) is 4.32. The molecule has 0 radical (unpaired) electrons. The van der Waals surface area contributed by atoms with Crippen LogP contribution in [0.15, 0.2) is 30.3 Å². The number of esters is 1. The number of likely N-dealkylation sites (tertiary alicyclic amines) is 1. The van der Waals surface area contributed by atoms with Crippen molar-refractivity contribution in [3.05, 3.63) is 36.0 Å². The Morgan fingerprint density at radius 1 is 1.36 bits per heavy atom. The van der Waals surface area contributed by atoms with Crippen LogP contribution in [-0.2, 0) is 14.3 Å². The summed E-state index contributed by atoms with van der Waals surface area (Å²) < 4.78 is 5.35. The van der Waals surface area contributed by atoms with E-state index in [2.05, 4.69) is 4.98 Å². The van der Waals surface area contributed by atoms with Gasteiger partial charge in [0.2, 0.25) is 0 Å². The lowest BCUT2D eigenvalue weighted by atomic mass is 9.92. The molecule has 25 heavy (non-hydrogen) atoms. The average Bonchev–Trinajstić information content (AvgIpc) is 2.91. The first-order valence-electron chi connectivity index (χ1n) is 8.22. The molecule has 0 amide bonds. The number of carboxylic acid groups (broad SMARTS) is 1. The van der Waals surface area contributed by atoms with Crippen molar-refractivity contribution in [3.63, 3.8) is 0 Å². The van der Waals surface area contributed by atoms with Gasteiger partial charge in [0.25, 0.3) is 0 Å². The summed E-state index contributed by atoms with van der Waals surface area (Å²) in [6.45, 7) is 5.62. The van der Waals surface area contributed by atoms with Gasteiger partial charge in [-0.15, -0.1) is 0 Å². The molecule has 1 saturated heterocycles. The third kappa shape index (κ3) is 3.38. The smallest absolute Gasteiger partial charge is 0.327 e. The van der Waals surface area contributed by atoms with Crippen molar-refractivity contribution in [3.8, 4) is 0 Å². The van der Waals surface area contributed by atoms with Crippen molar-refractivity contribution in [2.75, 3.05) is 6.54 Å². The monoisotopic (exact) mass is 345 g/mol. The van der Waals surface area contributed by atoms with Crippen LogP contribution in [-0.4, -0.2) is 45.2 Å². The number of rotatable bonds is 4. The van der Waals surface area contributed by atoms with E-state index in [0.29, 0.717) is 5.69 Å². The van der Waals surface area contributed by atoms with Crippen LogP contribution in [0.5, 0.6) is 0 Å². The first-order chi connectivity index (χ1) is 11.7. The molecule has 1 aromatic heterocycles. The summed E-state index contributed by atoms with van der Waals surface area (Å²) in [5.41, 5.74) is 6.92. The van der Waals surface area contributed by atoms with Gasteiger partial charge in [-0.1, -0.05) is 18.2 Å². The van der Waals surface area contributed by atoms with Gasteiger partial charge >= 0.3 is 11.9 Å². The molecular weight excluding hydrogens is 322 g/mol. The van der Waals surface area contributed by atoms with Crippen LogP contribution in [0.25, 0.3) is 10.9 Å². The molecule has 0 bridgehead atoms. The van der Waals surface area contributed by atoms with Crippen molar-refractivity contribution in [2.24, 2.45) is 11.7 Å². The maximum absolute atomic E-state index is 12.2. The standard InChI is InChI=1S/C18H23N3O4/c1-18(2,3)25-17(24)11-9-21(15(11)19)14(16(22)23)13-8-10-6-4-5-7-12(10)20-13/h4-8,11,14-15,20H,9,19H2,1-3H3,(H,22,23)/t11-,14-,15-/m0/s1. The van der Waals surface area contributed by atoms with Crippen LogP contribution < -0.4 is 5.73 Å². The van der Waals surface area contributed by atoms with E-state index in [0.717, 1.165) is 10.9 Å². The predicted molar refractivity (Wildman–Crippen MR) is 92.7 cm³/mol. The number of carbonyl (C=O) groups is 2. The maximum Gasteiger partial charge on any atom is 0.327 e. The minimum atomic E-state index is -1.01. The molecule has 0 aliphatic carbocycles. The molecule has 0 unspecified atom stereocenters. The van der Waals surface area contributed by atoms with Gasteiger partial charge in [0, 0.05) is 17.8 Å². The molecule has 3 rings (SSSR count). The van der Waals surface area contributed by atoms with Crippen molar-refractivity contribution < 1.29 is 19.4 Å². The van der Waals surface area contributed by atoms with Crippen LogP contribution in [0.2, 0.25) is 0 Å². The van der Waals surface area contributed by atoms with Crippen LogP contribution >= 0.6 is 0 Å². The zero-order valence-electron chi connectivity index (χ0n) is 14.5. The number of H-pyrrole nitrogens is 1. The number of benzene rings is 1. The van der Waals surface area contributed by atoms with E-state index in [4.69, 9.17) is 10.5 Å². The van der Waals surface area contributed by atoms with E-state index >= 15 is 0 Å². The summed E-state index contributed by atoms with van der Waals surface area (Å²) >= 11 is 0. The number of aliphatic carboxylic acids is 1. The third-order valence-electron chi connectivity index (χ3n) is 4.32. The summed E-state index contributed by atoms with van der Waals surface area (Å²) in [7, 11) is 0. The highest BCUT2D eigenvalue weighted by atomic mass is 16.6. The topological polar surface area (TPSA) is 109 Å². The number of aromatic nitrogens is 1. The number of carbonyl (C=O) groups excluding carboxylic acids is 1. The molecule has 1 fully saturated rings. The fourth-order valence-electron chi connectivity index (χ4n) is 3.12. The Labute approximate surface area is 145 Å². The summed E-state index contributed by atoms with van der Waals surface area (Å²) in [6.07, 6.45) is -0.692. The van der Waals surface area contributed by atoms with Gasteiger partial charge in [-0.05, 0) is 38.3 Å². The molecule has 7 heteroatoms. The van der Waals surface area contributed by atoms with Crippen LogP contribution in [0, 0.1) is 5.92 Å². The van der Waals surface area contributed by atoms with Crippen molar-refractivity contribution in [1.29, 1.82) is 0 Å². The highest BCUT2D eigenvalue weighted by molar-refractivity contribution is 5.84. The Kier molecular flexibility index (Phi) is 4.30. The Hall–Kier alpha value is -2.38. The normalized spacial score (nSPS) is 22.4.